The Hall–Kier alpha value is -2.23. The number of amides is 1. The van der Waals surface area contributed by atoms with Crippen LogP contribution in [0.1, 0.15) is 31.7 Å². The summed E-state index contributed by atoms with van der Waals surface area (Å²) in [6, 6.07) is 7.38. The average Bonchev–Trinajstić information content (AvgIpc) is 3.28. The minimum absolute atomic E-state index is 0.0700. The van der Waals surface area contributed by atoms with Crippen molar-refractivity contribution in [2.75, 3.05) is 19.8 Å². The molecule has 3 aliphatic heterocycles. The van der Waals surface area contributed by atoms with Crippen molar-refractivity contribution in [3.8, 4) is 11.8 Å². The number of benzene rings is 1. The molecule has 4 rings (SSSR count). The van der Waals surface area contributed by atoms with E-state index in [0.717, 1.165) is 31.4 Å². The van der Waals surface area contributed by atoms with Crippen LogP contribution >= 0.6 is 11.6 Å². The van der Waals surface area contributed by atoms with Crippen LogP contribution in [-0.4, -0.2) is 48.8 Å². The summed E-state index contributed by atoms with van der Waals surface area (Å²) in [5.41, 5.74) is 1.46. The summed E-state index contributed by atoms with van der Waals surface area (Å²) in [7, 11) is 0. The Bertz CT molecular complexity index is 825. The van der Waals surface area contributed by atoms with Gasteiger partial charge in [-0.3, -0.25) is 4.90 Å². The van der Waals surface area contributed by atoms with E-state index in [0.29, 0.717) is 23.9 Å². The quantitative estimate of drug-likeness (QED) is 0.708. The van der Waals surface area contributed by atoms with Crippen molar-refractivity contribution in [1.29, 1.82) is 0 Å². The third-order valence-corrected chi connectivity index (χ3v) is 5.65. The first-order chi connectivity index (χ1) is 13.7. The Balaban J connectivity index is 1.59. The van der Waals surface area contributed by atoms with E-state index in [4.69, 9.17) is 25.9 Å². The number of rotatable bonds is 2. The molecule has 1 aromatic carbocycles. The van der Waals surface area contributed by atoms with E-state index in [1.807, 2.05) is 24.3 Å². The number of likely N-dealkylation sites (tertiary alicyclic amines) is 1. The van der Waals surface area contributed by atoms with Gasteiger partial charge in [-0.2, -0.15) is 0 Å². The van der Waals surface area contributed by atoms with E-state index in [1.54, 1.807) is 11.8 Å². The van der Waals surface area contributed by atoms with Gasteiger partial charge in [0.15, 0.2) is 0 Å². The SMILES string of the molecule is CCOC(=O)N1CC(C2CCCCO2)C2C(C#Cc3cccc(Cl)c3)=NOC21. The largest absolute Gasteiger partial charge is 0.450 e. The van der Waals surface area contributed by atoms with Crippen molar-refractivity contribution in [2.24, 2.45) is 17.0 Å². The van der Waals surface area contributed by atoms with Crippen LogP contribution in [0.2, 0.25) is 5.02 Å². The molecule has 4 atom stereocenters. The fourth-order valence-corrected chi connectivity index (χ4v) is 4.32. The lowest BCUT2D eigenvalue weighted by atomic mass is 9.84. The molecule has 0 N–H and O–H groups in total. The van der Waals surface area contributed by atoms with Crippen LogP contribution in [0, 0.1) is 23.7 Å². The van der Waals surface area contributed by atoms with Gasteiger partial charge in [0.05, 0.1) is 18.6 Å². The van der Waals surface area contributed by atoms with Crippen molar-refractivity contribution >= 4 is 23.4 Å². The maximum absolute atomic E-state index is 12.4. The Morgan fingerprint density at radius 1 is 1.39 bits per heavy atom. The normalized spacial score (nSPS) is 28.6. The summed E-state index contributed by atoms with van der Waals surface area (Å²) < 4.78 is 11.2. The molecule has 28 heavy (non-hydrogen) atoms. The first kappa shape index (κ1) is 19.1. The first-order valence-electron chi connectivity index (χ1n) is 9.73. The molecule has 7 heteroatoms. The molecule has 0 bridgehead atoms. The molecule has 1 aromatic rings. The second-order valence-corrected chi connectivity index (χ2v) is 7.62. The summed E-state index contributed by atoms with van der Waals surface area (Å²) in [6.07, 6.45) is 2.37. The maximum Gasteiger partial charge on any atom is 0.412 e. The van der Waals surface area contributed by atoms with E-state index in [-0.39, 0.29) is 24.0 Å². The molecular formula is C21H23ClN2O4. The molecule has 148 valence electrons. The smallest absolute Gasteiger partial charge is 0.412 e. The molecule has 0 radical (unpaired) electrons. The van der Waals surface area contributed by atoms with E-state index < -0.39 is 6.23 Å². The van der Waals surface area contributed by atoms with Gasteiger partial charge in [-0.05, 0) is 50.3 Å². The molecule has 1 amide bonds. The van der Waals surface area contributed by atoms with Gasteiger partial charge in [-0.15, -0.1) is 0 Å². The van der Waals surface area contributed by atoms with E-state index in [9.17, 15) is 4.79 Å². The van der Waals surface area contributed by atoms with Crippen LogP contribution in [0.4, 0.5) is 4.79 Å². The van der Waals surface area contributed by atoms with Crippen LogP contribution in [0.5, 0.6) is 0 Å². The van der Waals surface area contributed by atoms with Gasteiger partial charge in [-0.25, -0.2) is 4.79 Å². The molecule has 2 saturated heterocycles. The Kier molecular flexibility index (Phi) is 5.74. The summed E-state index contributed by atoms with van der Waals surface area (Å²) in [6.45, 7) is 3.39. The van der Waals surface area contributed by atoms with E-state index >= 15 is 0 Å². The predicted octanol–water partition coefficient (Wildman–Crippen LogP) is 3.68. The van der Waals surface area contributed by atoms with Crippen LogP contribution < -0.4 is 0 Å². The van der Waals surface area contributed by atoms with Crippen LogP contribution in [0.25, 0.3) is 0 Å². The van der Waals surface area contributed by atoms with E-state index in [2.05, 4.69) is 17.0 Å². The molecular weight excluding hydrogens is 380 g/mol. The van der Waals surface area contributed by atoms with Gasteiger partial charge in [0.1, 0.15) is 5.71 Å². The lowest BCUT2D eigenvalue weighted by Crippen LogP contribution is -2.38. The zero-order valence-electron chi connectivity index (χ0n) is 15.8. The van der Waals surface area contributed by atoms with E-state index in [1.165, 1.54) is 0 Å². The fourth-order valence-electron chi connectivity index (χ4n) is 4.13. The van der Waals surface area contributed by atoms with Gasteiger partial charge in [-0.1, -0.05) is 28.7 Å². The highest BCUT2D eigenvalue weighted by molar-refractivity contribution is 6.30. The van der Waals surface area contributed by atoms with Gasteiger partial charge in [0.25, 0.3) is 0 Å². The lowest BCUT2D eigenvalue weighted by Gasteiger charge is -2.29. The maximum atomic E-state index is 12.4. The number of fused-ring (bicyclic) bond motifs is 1. The molecule has 0 spiro atoms. The number of carbonyl (C=O) groups is 1. The second-order valence-electron chi connectivity index (χ2n) is 7.18. The van der Waals surface area contributed by atoms with Gasteiger partial charge in [0.2, 0.25) is 6.23 Å². The van der Waals surface area contributed by atoms with Gasteiger partial charge < -0.3 is 14.3 Å². The van der Waals surface area contributed by atoms with Gasteiger partial charge in [0, 0.05) is 29.7 Å². The second kappa shape index (κ2) is 8.42. The number of nitrogens with zero attached hydrogens (tertiary/aromatic N) is 2. The minimum atomic E-state index is -0.488. The molecule has 0 saturated carbocycles. The van der Waals surface area contributed by atoms with Crippen molar-refractivity contribution in [3.05, 3.63) is 34.9 Å². The molecule has 3 aliphatic rings. The molecule has 6 nitrogen and oxygen atoms in total. The van der Waals surface area contributed by atoms with Crippen LogP contribution in [0.3, 0.4) is 0 Å². The third-order valence-electron chi connectivity index (χ3n) is 5.41. The van der Waals surface area contributed by atoms with Crippen molar-refractivity contribution in [2.45, 2.75) is 38.5 Å². The Morgan fingerprint density at radius 3 is 3.04 bits per heavy atom. The lowest BCUT2D eigenvalue weighted by molar-refractivity contribution is -0.0332. The molecule has 0 aromatic heterocycles. The van der Waals surface area contributed by atoms with Crippen molar-refractivity contribution in [3.63, 3.8) is 0 Å². The Morgan fingerprint density at radius 2 is 2.29 bits per heavy atom. The molecule has 3 heterocycles. The number of ether oxygens (including phenoxy) is 2. The summed E-state index contributed by atoms with van der Waals surface area (Å²) >= 11 is 6.04. The van der Waals surface area contributed by atoms with Crippen LogP contribution in [-0.2, 0) is 14.3 Å². The summed E-state index contributed by atoms with van der Waals surface area (Å²) in [5.74, 6) is 6.23. The zero-order chi connectivity index (χ0) is 19.5. The summed E-state index contributed by atoms with van der Waals surface area (Å²) in [5, 5.41) is 4.84. The fraction of sp³-hybridized carbons (Fsp3) is 0.524. The highest BCUT2D eigenvalue weighted by atomic mass is 35.5. The highest BCUT2D eigenvalue weighted by Gasteiger charge is 2.54. The Labute approximate surface area is 169 Å². The highest BCUT2D eigenvalue weighted by Crippen LogP contribution is 2.41. The van der Waals surface area contributed by atoms with Crippen molar-refractivity contribution in [1.82, 2.24) is 4.90 Å². The number of hydrogen-bond acceptors (Lipinski definition) is 5. The third kappa shape index (κ3) is 3.82. The number of halogens is 1. The molecule has 0 aliphatic carbocycles. The number of hydrogen-bond donors (Lipinski definition) is 0. The topological polar surface area (TPSA) is 60.4 Å². The summed E-state index contributed by atoms with van der Waals surface area (Å²) in [4.78, 5) is 19.7. The predicted molar refractivity (Wildman–Crippen MR) is 105 cm³/mol. The van der Waals surface area contributed by atoms with Crippen LogP contribution in [0.15, 0.2) is 29.4 Å². The number of carbonyl (C=O) groups excluding carboxylic acids is 1. The molecule has 4 unspecified atom stereocenters. The van der Waals surface area contributed by atoms with Gasteiger partial charge >= 0.3 is 6.09 Å². The minimum Gasteiger partial charge on any atom is -0.450 e. The van der Waals surface area contributed by atoms with Crippen molar-refractivity contribution < 1.29 is 19.1 Å². The average molecular weight is 403 g/mol. The first-order valence-corrected chi connectivity index (χ1v) is 10.1. The number of oxime groups is 1. The monoisotopic (exact) mass is 402 g/mol. The zero-order valence-corrected chi connectivity index (χ0v) is 16.5. The standard InChI is InChI=1S/C21H23ClN2O4/c1-2-26-21(25)24-13-16(18-8-3-4-11-27-18)19-17(23-28-20(19)24)10-9-14-6-5-7-15(22)12-14/h5-7,12,16,18-20H,2-4,8,11,13H2,1H3. The molecule has 2 fully saturated rings.